The quantitative estimate of drug-likeness (QED) is 0.724. The Kier molecular flexibility index (Phi) is 6.49. The van der Waals surface area contributed by atoms with E-state index in [1.807, 2.05) is 0 Å². The summed E-state index contributed by atoms with van der Waals surface area (Å²) in [5.41, 5.74) is 6.24. The van der Waals surface area contributed by atoms with Gasteiger partial charge in [0.1, 0.15) is 11.5 Å². The van der Waals surface area contributed by atoms with E-state index in [1.165, 1.54) is 0 Å². The zero-order chi connectivity index (χ0) is 20.8. The van der Waals surface area contributed by atoms with Crippen molar-refractivity contribution in [3.8, 4) is 11.5 Å². The zero-order valence-corrected chi connectivity index (χ0v) is 16.3. The van der Waals surface area contributed by atoms with Crippen LogP contribution in [0.15, 0.2) is 48.5 Å². The van der Waals surface area contributed by atoms with Crippen molar-refractivity contribution in [3.05, 3.63) is 59.7 Å². The number of methoxy groups -OCH3 is 1. The smallest absolute Gasteiger partial charge is 0.260 e. The second-order valence-electron chi connectivity index (χ2n) is 6.93. The van der Waals surface area contributed by atoms with Crippen LogP contribution in [0.3, 0.4) is 0 Å². The monoisotopic (exact) mass is 396 g/mol. The van der Waals surface area contributed by atoms with Crippen LogP contribution in [0.2, 0.25) is 0 Å². The van der Waals surface area contributed by atoms with Gasteiger partial charge in [-0.05, 0) is 61.4 Å². The van der Waals surface area contributed by atoms with Crippen LogP contribution >= 0.6 is 0 Å². The Bertz CT molecular complexity index is 869. The maximum atomic E-state index is 12.7. The van der Waals surface area contributed by atoms with E-state index < -0.39 is 5.91 Å². The summed E-state index contributed by atoms with van der Waals surface area (Å²) >= 11 is 0. The molecule has 0 unspecified atom stereocenters. The van der Waals surface area contributed by atoms with Gasteiger partial charge in [-0.3, -0.25) is 14.4 Å². The number of Topliss-reactive ketones (excluding diaryl/α,β-unsaturated/α-hetero) is 1. The van der Waals surface area contributed by atoms with Crippen molar-refractivity contribution in [2.45, 2.75) is 12.8 Å². The largest absolute Gasteiger partial charge is 0.497 e. The third kappa shape index (κ3) is 5.13. The van der Waals surface area contributed by atoms with Crippen LogP contribution in [0.25, 0.3) is 0 Å². The molecule has 152 valence electrons. The fourth-order valence-electron chi connectivity index (χ4n) is 3.33. The SMILES string of the molecule is COc1ccc(C(=O)C2CCN(C(=O)COc3ccc(C(N)=O)cc3)CC2)cc1. The molecule has 0 bridgehead atoms. The average Bonchev–Trinajstić information content (AvgIpc) is 2.77. The van der Waals surface area contributed by atoms with E-state index in [1.54, 1.807) is 60.5 Å². The standard InChI is InChI=1S/C22H24N2O5/c1-28-18-6-2-15(3-7-18)21(26)16-10-12-24(13-11-16)20(25)14-29-19-8-4-17(5-9-19)22(23)27/h2-9,16H,10-14H2,1H3,(H2,23,27). The zero-order valence-electron chi connectivity index (χ0n) is 16.3. The summed E-state index contributed by atoms with van der Waals surface area (Å²) in [6.07, 6.45) is 1.26. The number of ether oxygens (including phenoxy) is 2. The number of carbonyl (C=O) groups excluding carboxylic acids is 3. The summed E-state index contributed by atoms with van der Waals surface area (Å²) in [7, 11) is 1.59. The summed E-state index contributed by atoms with van der Waals surface area (Å²) in [4.78, 5) is 37.8. The van der Waals surface area contributed by atoms with Crippen LogP contribution in [-0.4, -0.2) is 49.3 Å². The summed E-state index contributed by atoms with van der Waals surface area (Å²) in [6.45, 7) is 0.956. The Morgan fingerprint density at radius 1 is 0.931 bits per heavy atom. The molecule has 0 saturated carbocycles. The van der Waals surface area contributed by atoms with Gasteiger partial charge in [0.2, 0.25) is 5.91 Å². The van der Waals surface area contributed by atoms with Crippen molar-refractivity contribution < 1.29 is 23.9 Å². The highest BCUT2D eigenvalue weighted by Crippen LogP contribution is 2.23. The number of ketones is 1. The number of rotatable bonds is 7. The molecule has 1 aliphatic heterocycles. The Morgan fingerprint density at radius 3 is 2.03 bits per heavy atom. The molecule has 1 saturated heterocycles. The van der Waals surface area contributed by atoms with Crippen LogP contribution in [0.4, 0.5) is 0 Å². The number of carbonyl (C=O) groups is 3. The molecule has 7 nitrogen and oxygen atoms in total. The number of nitrogens with two attached hydrogens (primary N) is 1. The van der Waals surface area contributed by atoms with Gasteiger partial charge in [0.25, 0.3) is 5.91 Å². The third-order valence-corrected chi connectivity index (χ3v) is 5.09. The molecule has 29 heavy (non-hydrogen) atoms. The molecule has 0 aromatic heterocycles. The maximum Gasteiger partial charge on any atom is 0.260 e. The maximum absolute atomic E-state index is 12.7. The summed E-state index contributed by atoms with van der Waals surface area (Å²) in [5, 5.41) is 0. The van der Waals surface area contributed by atoms with Crippen molar-refractivity contribution in [2.75, 3.05) is 26.8 Å². The fourth-order valence-corrected chi connectivity index (χ4v) is 3.33. The predicted octanol–water partition coefficient (Wildman–Crippen LogP) is 2.29. The van der Waals surface area contributed by atoms with Gasteiger partial charge in [-0.25, -0.2) is 0 Å². The second kappa shape index (κ2) is 9.23. The highest BCUT2D eigenvalue weighted by atomic mass is 16.5. The summed E-state index contributed by atoms with van der Waals surface area (Å²) in [5.74, 6) is 0.582. The normalized spacial score (nSPS) is 14.3. The number of hydrogen-bond acceptors (Lipinski definition) is 5. The first-order valence-electron chi connectivity index (χ1n) is 9.46. The number of nitrogens with zero attached hydrogens (tertiary/aromatic N) is 1. The molecule has 2 aromatic carbocycles. The van der Waals surface area contributed by atoms with Crippen molar-refractivity contribution >= 4 is 17.6 Å². The predicted molar refractivity (Wildman–Crippen MR) is 107 cm³/mol. The van der Waals surface area contributed by atoms with Crippen LogP contribution in [0.5, 0.6) is 11.5 Å². The Hall–Kier alpha value is -3.35. The van der Waals surface area contributed by atoms with Gasteiger partial charge in [-0.1, -0.05) is 0 Å². The van der Waals surface area contributed by atoms with Crippen LogP contribution in [-0.2, 0) is 4.79 Å². The van der Waals surface area contributed by atoms with Gasteiger partial charge >= 0.3 is 0 Å². The number of hydrogen-bond donors (Lipinski definition) is 1. The molecule has 7 heteroatoms. The summed E-state index contributed by atoms with van der Waals surface area (Å²) < 4.78 is 10.6. The van der Waals surface area contributed by atoms with Gasteiger partial charge < -0.3 is 20.1 Å². The van der Waals surface area contributed by atoms with Crippen molar-refractivity contribution in [3.63, 3.8) is 0 Å². The molecule has 0 radical (unpaired) electrons. The molecule has 2 amide bonds. The van der Waals surface area contributed by atoms with Crippen molar-refractivity contribution in [2.24, 2.45) is 11.7 Å². The Morgan fingerprint density at radius 2 is 1.48 bits per heavy atom. The molecule has 0 atom stereocenters. The Balaban J connectivity index is 1.47. The van der Waals surface area contributed by atoms with Crippen molar-refractivity contribution in [1.29, 1.82) is 0 Å². The lowest BCUT2D eigenvalue weighted by Crippen LogP contribution is -2.42. The molecule has 0 spiro atoms. The van der Waals surface area contributed by atoms with E-state index in [-0.39, 0.29) is 24.2 Å². The number of piperidine rings is 1. The van der Waals surface area contributed by atoms with Gasteiger partial charge in [-0.15, -0.1) is 0 Å². The highest BCUT2D eigenvalue weighted by molar-refractivity contribution is 5.98. The lowest BCUT2D eigenvalue weighted by Gasteiger charge is -2.31. The van der Waals surface area contributed by atoms with Crippen LogP contribution in [0.1, 0.15) is 33.6 Å². The van der Waals surface area contributed by atoms with Gasteiger partial charge in [-0.2, -0.15) is 0 Å². The lowest BCUT2D eigenvalue weighted by atomic mass is 9.89. The molecule has 1 heterocycles. The highest BCUT2D eigenvalue weighted by Gasteiger charge is 2.28. The average molecular weight is 396 g/mol. The van der Waals surface area contributed by atoms with E-state index in [9.17, 15) is 14.4 Å². The summed E-state index contributed by atoms with van der Waals surface area (Å²) in [6, 6.07) is 13.4. The van der Waals surface area contributed by atoms with E-state index >= 15 is 0 Å². The van der Waals surface area contributed by atoms with Gasteiger partial charge in [0, 0.05) is 30.1 Å². The first-order chi connectivity index (χ1) is 14.0. The van der Waals surface area contributed by atoms with Gasteiger partial charge in [0.05, 0.1) is 7.11 Å². The van der Waals surface area contributed by atoms with Crippen molar-refractivity contribution in [1.82, 2.24) is 4.90 Å². The minimum Gasteiger partial charge on any atom is -0.497 e. The number of amides is 2. The molecular formula is C22H24N2O5. The topological polar surface area (TPSA) is 98.9 Å². The molecule has 1 fully saturated rings. The molecule has 2 N–H and O–H groups in total. The number of primary amides is 1. The fraction of sp³-hybridized carbons (Fsp3) is 0.318. The molecule has 1 aliphatic rings. The van der Waals surface area contributed by atoms with Gasteiger partial charge in [0.15, 0.2) is 12.4 Å². The lowest BCUT2D eigenvalue weighted by molar-refractivity contribution is -0.134. The van der Waals surface area contributed by atoms with Crippen LogP contribution < -0.4 is 15.2 Å². The molecule has 0 aliphatic carbocycles. The molecule has 3 rings (SSSR count). The first kappa shape index (κ1) is 20.4. The number of benzene rings is 2. The van der Waals surface area contributed by atoms with E-state index in [0.29, 0.717) is 48.6 Å². The van der Waals surface area contributed by atoms with Crippen LogP contribution in [0, 0.1) is 5.92 Å². The minimum absolute atomic E-state index is 0.0882. The molecular weight excluding hydrogens is 372 g/mol. The van der Waals surface area contributed by atoms with E-state index in [4.69, 9.17) is 15.2 Å². The Labute approximate surface area is 169 Å². The third-order valence-electron chi connectivity index (χ3n) is 5.09. The van der Waals surface area contributed by atoms with E-state index in [0.717, 1.165) is 0 Å². The minimum atomic E-state index is -0.514. The molecule has 2 aromatic rings. The first-order valence-corrected chi connectivity index (χ1v) is 9.46. The van der Waals surface area contributed by atoms with E-state index in [2.05, 4.69) is 0 Å². The second-order valence-corrected chi connectivity index (χ2v) is 6.93. The number of likely N-dealkylation sites (tertiary alicyclic amines) is 1.